The highest BCUT2D eigenvalue weighted by molar-refractivity contribution is 5.98. The molecule has 0 aromatic heterocycles. The summed E-state index contributed by atoms with van der Waals surface area (Å²) in [5.41, 5.74) is 2.63. The molecule has 1 aromatic rings. The SMILES string of the molecule is CC(C)(C)NC(=O)CNC(=O)c1cccc2c1CCNC2. The monoisotopic (exact) mass is 289 g/mol. The predicted molar refractivity (Wildman–Crippen MR) is 82.1 cm³/mol. The van der Waals surface area contributed by atoms with Crippen LogP contribution in [-0.2, 0) is 17.8 Å². The lowest BCUT2D eigenvalue weighted by atomic mass is 9.95. The molecule has 5 heteroatoms. The Morgan fingerprint density at radius 2 is 2.05 bits per heavy atom. The minimum absolute atomic E-state index is 0.00196. The molecule has 0 fully saturated rings. The van der Waals surface area contributed by atoms with E-state index in [9.17, 15) is 9.59 Å². The maximum absolute atomic E-state index is 12.3. The maximum atomic E-state index is 12.3. The molecule has 21 heavy (non-hydrogen) atoms. The summed E-state index contributed by atoms with van der Waals surface area (Å²) in [5, 5.41) is 8.81. The molecule has 0 bridgehead atoms. The Labute approximate surface area is 125 Å². The lowest BCUT2D eigenvalue weighted by molar-refractivity contribution is -0.121. The molecule has 1 aliphatic rings. The van der Waals surface area contributed by atoms with Gasteiger partial charge in [-0.1, -0.05) is 12.1 Å². The first-order chi connectivity index (χ1) is 9.87. The van der Waals surface area contributed by atoms with Crippen LogP contribution in [-0.4, -0.2) is 30.4 Å². The Bertz CT molecular complexity index is 547. The van der Waals surface area contributed by atoms with Crippen LogP contribution in [0.5, 0.6) is 0 Å². The molecule has 0 unspecified atom stereocenters. The van der Waals surface area contributed by atoms with Crippen molar-refractivity contribution in [3.63, 3.8) is 0 Å². The zero-order valence-electron chi connectivity index (χ0n) is 12.9. The van der Waals surface area contributed by atoms with Crippen LogP contribution < -0.4 is 16.0 Å². The van der Waals surface area contributed by atoms with Gasteiger partial charge in [0, 0.05) is 17.6 Å². The molecule has 2 amide bonds. The molecule has 2 rings (SSSR count). The molecule has 0 saturated heterocycles. The van der Waals surface area contributed by atoms with Crippen molar-refractivity contribution in [2.75, 3.05) is 13.1 Å². The lowest BCUT2D eigenvalue weighted by Crippen LogP contribution is -2.46. The van der Waals surface area contributed by atoms with Crippen LogP contribution in [0, 0.1) is 0 Å². The van der Waals surface area contributed by atoms with Crippen LogP contribution in [0.15, 0.2) is 18.2 Å². The summed E-state index contributed by atoms with van der Waals surface area (Å²) in [6, 6.07) is 5.74. The fourth-order valence-electron chi connectivity index (χ4n) is 2.46. The Morgan fingerprint density at radius 1 is 1.29 bits per heavy atom. The number of rotatable bonds is 3. The van der Waals surface area contributed by atoms with Crippen LogP contribution in [0.2, 0.25) is 0 Å². The lowest BCUT2D eigenvalue weighted by Gasteiger charge is -2.21. The van der Waals surface area contributed by atoms with Gasteiger partial charge in [-0.3, -0.25) is 9.59 Å². The minimum Gasteiger partial charge on any atom is -0.350 e. The molecule has 1 aromatic carbocycles. The Balaban J connectivity index is 2.00. The van der Waals surface area contributed by atoms with E-state index in [1.807, 2.05) is 39.0 Å². The van der Waals surface area contributed by atoms with Crippen molar-refractivity contribution >= 4 is 11.8 Å². The summed E-state index contributed by atoms with van der Waals surface area (Å²) >= 11 is 0. The van der Waals surface area contributed by atoms with E-state index in [0.717, 1.165) is 30.6 Å². The van der Waals surface area contributed by atoms with Crippen LogP contribution >= 0.6 is 0 Å². The minimum atomic E-state index is -0.292. The van der Waals surface area contributed by atoms with Gasteiger partial charge in [0.25, 0.3) is 5.91 Å². The summed E-state index contributed by atoms with van der Waals surface area (Å²) in [7, 11) is 0. The molecular formula is C16H23N3O2. The number of hydrogen-bond donors (Lipinski definition) is 3. The number of carbonyl (C=O) groups is 2. The number of carbonyl (C=O) groups excluding carboxylic acids is 2. The van der Waals surface area contributed by atoms with Crippen LogP contribution in [0.1, 0.15) is 42.3 Å². The van der Waals surface area contributed by atoms with Gasteiger partial charge in [-0.15, -0.1) is 0 Å². The first-order valence-corrected chi connectivity index (χ1v) is 7.27. The van der Waals surface area contributed by atoms with Gasteiger partial charge in [-0.05, 0) is 50.9 Å². The molecule has 1 heterocycles. The van der Waals surface area contributed by atoms with Gasteiger partial charge in [0.15, 0.2) is 0 Å². The summed E-state index contributed by atoms with van der Waals surface area (Å²) in [6.07, 6.45) is 0.840. The number of fused-ring (bicyclic) bond motifs is 1. The van der Waals surface area contributed by atoms with E-state index in [-0.39, 0.29) is 23.9 Å². The fraction of sp³-hybridized carbons (Fsp3) is 0.500. The second kappa shape index (κ2) is 6.26. The van der Waals surface area contributed by atoms with Crippen molar-refractivity contribution in [2.24, 2.45) is 0 Å². The number of benzene rings is 1. The average Bonchev–Trinajstić information content (AvgIpc) is 2.42. The normalized spacial score (nSPS) is 14.2. The van der Waals surface area contributed by atoms with E-state index in [1.165, 1.54) is 0 Å². The Hall–Kier alpha value is -1.88. The Morgan fingerprint density at radius 3 is 2.76 bits per heavy atom. The van der Waals surface area contributed by atoms with Gasteiger partial charge in [-0.25, -0.2) is 0 Å². The third-order valence-electron chi connectivity index (χ3n) is 3.31. The zero-order valence-corrected chi connectivity index (χ0v) is 12.9. The molecule has 0 spiro atoms. The highest BCUT2D eigenvalue weighted by atomic mass is 16.2. The quantitative estimate of drug-likeness (QED) is 0.777. The highest BCUT2D eigenvalue weighted by Gasteiger charge is 2.18. The predicted octanol–water partition coefficient (Wildman–Crippen LogP) is 0.977. The van der Waals surface area contributed by atoms with Crippen molar-refractivity contribution in [1.29, 1.82) is 0 Å². The third kappa shape index (κ3) is 4.29. The van der Waals surface area contributed by atoms with E-state index < -0.39 is 0 Å². The highest BCUT2D eigenvalue weighted by Crippen LogP contribution is 2.18. The van der Waals surface area contributed by atoms with E-state index in [4.69, 9.17) is 0 Å². The topological polar surface area (TPSA) is 70.2 Å². The van der Waals surface area contributed by atoms with Gasteiger partial charge in [0.1, 0.15) is 0 Å². The zero-order chi connectivity index (χ0) is 15.5. The summed E-state index contributed by atoms with van der Waals surface area (Å²) < 4.78 is 0. The number of hydrogen-bond acceptors (Lipinski definition) is 3. The molecule has 114 valence electrons. The first-order valence-electron chi connectivity index (χ1n) is 7.27. The molecule has 0 radical (unpaired) electrons. The fourth-order valence-corrected chi connectivity index (χ4v) is 2.46. The van der Waals surface area contributed by atoms with Gasteiger partial charge in [0.2, 0.25) is 5.91 Å². The van der Waals surface area contributed by atoms with Crippen LogP contribution in [0.25, 0.3) is 0 Å². The van der Waals surface area contributed by atoms with Crippen molar-refractivity contribution in [1.82, 2.24) is 16.0 Å². The molecule has 5 nitrogen and oxygen atoms in total. The average molecular weight is 289 g/mol. The van der Waals surface area contributed by atoms with Crippen molar-refractivity contribution in [3.05, 3.63) is 34.9 Å². The summed E-state index contributed by atoms with van der Waals surface area (Å²) in [5.74, 6) is -0.361. The van der Waals surface area contributed by atoms with Crippen molar-refractivity contribution < 1.29 is 9.59 Å². The largest absolute Gasteiger partial charge is 0.350 e. The maximum Gasteiger partial charge on any atom is 0.252 e. The standard InChI is InChI=1S/C16H23N3O2/c1-16(2,3)19-14(20)10-18-15(21)13-6-4-5-11-9-17-8-7-12(11)13/h4-6,17H,7-10H2,1-3H3,(H,18,21)(H,19,20). The number of nitrogens with one attached hydrogen (secondary N) is 3. The van der Waals surface area contributed by atoms with E-state index in [2.05, 4.69) is 16.0 Å². The first kappa shape index (κ1) is 15.5. The van der Waals surface area contributed by atoms with Crippen LogP contribution in [0.4, 0.5) is 0 Å². The second-order valence-electron chi connectivity index (χ2n) is 6.35. The van der Waals surface area contributed by atoms with Crippen LogP contribution in [0.3, 0.4) is 0 Å². The molecule has 0 saturated carbocycles. The van der Waals surface area contributed by atoms with E-state index in [0.29, 0.717) is 5.56 Å². The molecule has 0 aliphatic carbocycles. The smallest absolute Gasteiger partial charge is 0.252 e. The van der Waals surface area contributed by atoms with Gasteiger partial charge in [-0.2, -0.15) is 0 Å². The third-order valence-corrected chi connectivity index (χ3v) is 3.31. The Kier molecular flexibility index (Phi) is 4.63. The van der Waals surface area contributed by atoms with Crippen molar-refractivity contribution in [2.45, 2.75) is 39.3 Å². The molecule has 3 N–H and O–H groups in total. The van der Waals surface area contributed by atoms with Gasteiger partial charge in [0.05, 0.1) is 6.54 Å². The summed E-state index contributed by atoms with van der Waals surface area (Å²) in [6.45, 7) is 7.40. The molecular weight excluding hydrogens is 266 g/mol. The molecule has 0 atom stereocenters. The molecule has 1 aliphatic heterocycles. The van der Waals surface area contributed by atoms with Crippen molar-refractivity contribution in [3.8, 4) is 0 Å². The van der Waals surface area contributed by atoms with E-state index in [1.54, 1.807) is 0 Å². The number of amides is 2. The van der Waals surface area contributed by atoms with Gasteiger partial charge >= 0.3 is 0 Å². The summed E-state index contributed by atoms with van der Waals surface area (Å²) in [4.78, 5) is 24.0. The van der Waals surface area contributed by atoms with Gasteiger partial charge < -0.3 is 16.0 Å². The second-order valence-corrected chi connectivity index (χ2v) is 6.35. The van der Waals surface area contributed by atoms with E-state index >= 15 is 0 Å².